The molecular weight excluding hydrogens is 250 g/mol. The molecule has 0 radical (unpaired) electrons. The van der Waals surface area contributed by atoms with E-state index in [0.29, 0.717) is 12.3 Å². The lowest BCUT2D eigenvalue weighted by atomic mass is 10.1. The third-order valence-corrected chi connectivity index (χ3v) is 3.06. The number of carboxylic acid groups (broad SMARTS) is 1. The second-order valence-corrected chi connectivity index (χ2v) is 4.53. The number of carbonyl (C=O) groups excluding carboxylic acids is 1. The van der Waals surface area contributed by atoms with Gasteiger partial charge in [-0.1, -0.05) is 5.16 Å². The molecule has 0 bridgehead atoms. The number of hydrogen-bond donors (Lipinski definition) is 2. The number of rotatable bonds is 5. The Balaban J connectivity index is 1.73. The minimum atomic E-state index is -1.13. The van der Waals surface area contributed by atoms with Gasteiger partial charge in [-0.05, 0) is 19.3 Å². The Bertz CT molecular complexity index is 452. The lowest BCUT2D eigenvalue weighted by Gasteiger charge is -2.26. The van der Waals surface area contributed by atoms with Crippen molar-refractivity contribution in [2.75, 3.05) is 19.6 Å². The lowest BCUT2D eigenvalue weighted by molar-refractivity contribution is -0.131. The van der Waals surface area contributed by atoms with Crippen molar-refractivity contribution in [2.24, 2.45) is 0 Å². The van der Waals surface area contributed by atoms with Gasteiger partial charge in [0, 0.05) is 19.2 Å². The highest BCUT2D eigenvalue weighted by atomic mass is 16.5. The van der Waals surface area contributed by atoms with E-state index in [1.165, 1.54) is 12.5 Å². The Kier molecular flexibility index (Phi) is 4.51. The molecule has 1 amide bonds. The van der Waals surface area contributed by atoms with Crippen molar-refractivity contribution in [1.29, 1.82) is 0 Å². The predicted octanol–water partition coefficient (Wildman–Crippen LogP) is 0.475. The fourth-order valence-electron chi connectivity index (χ4n) is 2.04. The van der Waals surface area contributed by atoms with Crippen LogP contribution in [-0.4, -0.2) is 46.7 Å². The van der Waals surface area contributed by atoms with Crippen LogP contribution in [0.1, 0.15) is 35.5 Å². The van der Waals surface area contributed by atoms with E-state index >= 15 is 0 Å². The second kappa shape index (κ2) is 6.33. The maximum atomic E-state index is 11.8. The summed E-state index contributed by atoms with van der Waals surface area (Å²) in [7, 11) is 0. The van der Waals surface area contributed by atoms with Crippen LogP contribution in [0.4, 0.5) is 0 Å². The van der Waals surface area contributed by atoms with Crippen molar-refractivity contribution >= 4 is 11.9 Å². The zero-order valence-corrected chi connectivity index (χ0v) is 10.6. The highest BCUT2D eigenvalue weighted by Crippen LogP contribution is 2.08. The van der Waals surface area contributed by atoms with E-state index in [0.717, 1.165) is 25.9 Å². The van der Waals surface area contributed by atoms with Crippen molar-refractivity contribution in [3.63, 3.8) is 0 Å². The molecule has 1 aliphatic heterocycles. The molecule has 104 valence electrons. The van der Waals surface area contributed by atoms with Crippen LogP contribution in [0.15, 0.2) is 10.6 Å². The van der Waals surface area contributed by atoms with Crippen molar-refractivity contribution in [3.05, 3.63) is 17.5 Å². The second-order valence-electron chi connectivity index (χ2n) is 4.53. The lowest BCUT2D eigenvalue weighted by Crippen LogP contribution is -2.40. The van der Waals surface area contributed by atoms with Gasteiger partial charge in [-0.15, -0.1) is 0 Å². The molecule has 2 heterocycles. The van der Waals surface area contributed by atoms with E-state index in [4.69, 9.17) is 9.63 Å². The predicted molar refractivity (Wildman–Crippen MR) is 65.6 cm³/mol. The first kappa shape index (κ1) is 13.5. The van der Waals surface area contributed by atoms with Gasteiger partial charge in [0.1, 0.15) is 0 Å². The zero-order chi connectivity index (χ0) is 13.7. The first-order valence-corrected chi connectivity index (χ1v) is 6.34. The van der Waals surface area contributed by atoms with Gasteiger partial charge in [0.05, 0.1) is 13.1 Å². The molecule has 0 spiro atoms. The number of nitrogens with one attached hydrogen (secondary N) is 1. The number of likely N-dealkylation sites (tertiary alicyclic amines) is 1. The van der Waals surface area contributed by atoms with E-state index in [9.17, 15) is 9.59 Å². The number of hydrogen-bond acceptors (Lipinski definition) is 5. The third kappa shape index (κ3) is 3.78. The average Bonchev–Trinajstić information content (AvgIpc) is 2.89. The summed E-state index contributed by atoms with van der Waals surface area (Å²) in [6.45, 7) is 2.17. The fraction of sp³-hybridized carbons (Fsp3) is 0.583. The van der Waals surface area contributed by atoms with Crippen molar-refractivity contribution < 1.29 is 19.2 Å². The molecule has 0 atom stereocenters. The summed E-state index contributed by atoms with van der Waals surface area (Å²) in [5.41, 5.74) is -0.126. The van der Waals surface area contributed by atoms with E-state index in [-0.39, 0.29) is 18.1 Å². The molecule has 0 aromatic carbocycles. The molecular formula is C12H17N3O4. The molecule has 7 heteroatoms. The standard InChI is InChI=1S/C12H17N3O4/c16-11(15-4-2-1-3-5-15)8-13-7-9-6-10(12(17)18)14-19-9/h6,13H,1-5,7-8H2,(H,17,18). The molecule has 19 heavy (non-hydrogen) atoms. The van der Waals surface area contributed by atoms with Gasteiger partial charge in [0.25, 0.3) is 0 Å². The molecule has 2 rings (SSSR count). The number of carboxylic acids is 1. The maximum absolute atomic E-state index is 11.8. The molecule has 7 nitrogen and oxygen atoms in total. The van der Waals surface area contributed by atoms with Crippen LogP contribution in [0.3, 0.4) is 0 Å². The van der Waals surface area contributed by atoms with Crippen LogP contribution in [0.5, 0.6) is 0 Å². The van der Waals surface area contributed by atoms with Crippen LogP contribution < -0.4 is 5.32 Å². The number of aromatic nitrogens is 1. The Labute approximate surface area is 110 Å². The Morgan fingerprint density at radius 3 is 2.74 bits per heavy atom. The Hall–Kier alpha value is -1.89. The summed E-state index contributed by atoms with van der Waals surface area (Å²) in [4.78, 5) is 24.3. The van der Waals surface area contributed by atoms with Gasteiger partial charge in [-0.2, -0.15) is 0 Å². The van der Waals surface area contributed by atoms with Crippen molar-refractivity contribution in [2.45, 2.75) is 25.8 Å². The van der Waals surface area contributed by atoms with E-state index < -0.39 is 5.97 Å². The van der Waals surface area contributed by atoms with E-state index in [1.807, 2.05) is 4.90 Å². The molecule has 1 aromatic heterocycles. The first-order valence-electron chi connectivity index (χ1n) is 6.34. The summed E-state index contributed by atoms with van der Waals surface area (Å²) in [6.07, 6.45) is 3.32. The van der Waals surface area contributed by atoms with Crippen molar-refractivity contribution in [1.82, 2.24) is 15.4 Å². The van der Waals surface area contributed by atoms with Gasteiger partial charge in [-0.25, -0.2) is 4.79 Å². The summed E-state index contributed by atoms with van der Waals surface area (Å²) in [5.74, 6) is -0.652. The molecule has 0 saturated carbocycles. The molecule has 0 aliphatic carbocycles. The monoisotopic (exact) mass is 267 g/mol. The SMILES string of the molecule is O=C(O)c1cc(CNCC(=O)N2CCCCC2)on1. The quantitative estimate of drug-likeness (QED) is 0.805. The number of carbonyl (C=O) groups is 2. The van der Waals surface area contributed by atoms with Crippen LogP contribution in [0.2, 0.25) is 0 Å². The molecule has 2 N–H and O–H groups in total. The van der Waals surface area contributed by atoms with Gasteiger partial charge in [-0.3, -0.25) is 4.79 Å². The number of nitrogens with zero attached hydrogens (tertiary/aromatic N) is 2. The molecule has 1 aliphatic rings. The van der Waals surface area contributed by atoms with Crippen molar-refractivity contribution in [3.8, 4) is 0 Å². The fourth-order valence-corrected chi connectivity index (χ4v) is 2.04. The van der Waals surface area contributed by atoms with Gasteiger partial charge < -0.3 is 19.8 Å². The number of amides is 1. The molecule has 0 unspecified atom stereocenters. The Morgan fingerprint density at radius 1 is 1.37 bits per heavy atom. The summed E-state index contributed by atoms with van der Waals surface area (Å²) in [5, 5.41) is 15.0. The Morgan fingerprint density at radius 2 is 2.11 bits per heavy atom. The highest BCUT2D eigenvalue weighted by Gasteiger charge is 2.16. The molecule has 1 aromatic rings. The normalized spacial score (nSPS) is 15.5. The minimum Gasteiger partial charge on any atom is -0.476 e. The van der Waals surface area contributed by atoms with Crippen LogP contribution in [0, 0.1) is 0 Å². The number of aromatic carboxylic acids is 1. The van der Waals surface area contributed by atoms with Crippen LogP contribution in [0.25, 0.3) is 0 Å². The third-order valence-electron chi connectivity index (χ3n) is 3.06. The largest absolute Gasteiger partial charge is 0.476 e. The number of piperidine rings is 1. The minimum absolute atomic E-state index is 0.0673. The summed E-state index contributed by atoms with van der Waals surface area (Å²) in [6, 6.07) is 1.35. The smallest absolute Gasteiger partial charge is 0.358 e. The van der Waals surface area contributed by atoms with E-state index in [2.05, 4.69) is 10.5 Å². The summed E-state index contributed by atoms with van der Waals surface area (Å²) < 4.78 is 4.84. The van der Waals surface area contributed by atoms with E-state index in [1.54, 1.807) is 0 Å². The summed E-state index contributed by atoms with van der Waals surface area (Å²) >= 11 is 0. The topological polar surface area (TPSA) is 95.7 Å². The highest BCUT2D eigenvalue weighted by molar-refractivity contribution is 5.85. The average molecular weight is 267 g/mol. The van der Waals surface area contributed by atoms with Gasteiger partial charge in [0.15, 0.2) is 11.5 Å². The van der Waals surface area contributed by atoms with Crippen LogP contribution in [-0.2, 0) is 11.3 Å². The van der Waals surface area contributed by atoms with Crippen LogP contribution >= 0.6 is 0 Å². The first-order chi connectivity index (χ1) is 9.16. The molecule has 1 saturated heterocycles. The maximum Gasteiger partial charge on any atom is 0.358 e. The zero-order valence-electron chi connectivity index (χ0n) is 10.6. The van der Waals surface area contributed by atoms with Gasteiger partial charge in [0.2, 0.25) is 5.91 Å². The molecule has 1 fully saturated rings. The van der Waals surface area contributed by atoms with Gasteiger partial charge >= 0.3 is 5.97 Å².